The summed E-state index contributed by atoms with van der Waals surface area (Å²) in [6.07, 6.45) is 0. The third-order valence-corrected chi connectivity index (χ3v) is 1.41. The topological polar surface area (TPSA) is 110 Å². The van der Waals surface area contributed by atoms with E-state index >= 15 is 0 Å². The van der Waals surface area contributed by atoms with Crippen LogP contribution in [0.5, 0.6) is 5.75 Å². The van der Waals surface area contributed by atoms with E-state index < -0.39 is 21.5 Å². The fraction of sp³-hybridized carbons (Fsp3) is 0. The third kappa shape index (κ3) is 1.68. The van der Waals surface area contributed by atoms with Crippen LogP contribution >= 0.6 is 0 Å². The summed E-state index contributed by atoms with van der Waals surface area (Å²) in [6.45, 7) is 0. The Balaban J connectivity index is 3.18. The van der Waals surface area contributed by atoms with Crippen molar-refractivity contribution >= 4 is 5.69 Å². The molecule has 0 radical (unpaired) electrons. The van der Waals surface area contributed by atoms with Crippen molar-refractivity contribution in [2.75, 3.05) is 5.12 Å². The van der Waals surface area contributed by atoms with Crippen molar-refractivity contribution < 1.29 is 15.2 Å². The summed E-state index contributed by atoms with van der Waals surface area (Å²) in [5.41, 5.74) is -0.484. The summed E-state index contributed by atoms with van der Waals surface area (Å²) in [4.78, 5) is 20.5. The summed E-state index contributed by atoms with van der Waals surface area (Å²) >= 11 is 0. The predicted molar refractivity (Wildman–Crippen MR) is 44.6 cm³/mol. The predicted octanol–water partition coefficient (Wildman–Crippen LogP) is 0.582. The molecule has 1 aromatic rings. The number of hydrazine groups is 2. The average molecular weight is 199 g/mol. The first kappa shape index (κ1) is 9.71. The molecule has 8 nitrogen and oxygen atoms in total. The highest BCUT2D eigenvalue weighted by molar-refractivity contribution is 5.53. The molecular formula is C6H5N3O5. The minimum absolute atomic E-state index is 0.352. The molecule has 0 saturated heterocycles. The Morgan fingerprint density at radius 2 is 1.64 bits per heavy atom. The van der Waals surface area contributed by atoms with E-state index in [2.05, 4.69) is 0 Å². The van der Waals surface area contributed by atoms with Gasteiger partial charge in [-0.05, 0) is 12.1 Å². The van der Waals surface area contributed by atoms with Crippen LogP contribution in [0.1, 0.15) is 0 Å². The van der Waals surface area contributed by atoms with Crippen LogP contribution in [0.15, 0.2) is 24.3 Å². The van der Waals surface area contributed by atoms with E-state index in [0.29, 0.717) is 0 Å². The number of phenols is 1. The number of nitro groups is 2. The highest BCUT2D eigenvalue weighted by Crippen LogP contribution is 2.25. The van der Waals surface area contributed by atoms with Crippen molar-refractivity contribution in [2.24, 2.45) is 0 Å². The van der Waals surface area contributed by atoms with E-state index in [1.165, 1.54) is 12.1 Å². The first-order chi connectivity index (χ1) is 6.54. The zero-order chi connectivity index (χ0) is 10.7. The summed E-state index contributed by atoms with van der Waals surface area (Å²) in [5, 5.41) is 26.9. The van der Waals surface area contributed by atoms with Gasteiger partial charge in [-0.1, -0.05) is 12.1 Å². The van der Waals surface area contributed by atoms with Crippen molar-refractivity contribution in [1.82, 2.24) is 0 Å². The van der Waals surface area contributed by atoms with Gasteiger partial charge in [0.05, 0.1) is 0 Å². The molecule has 0 spiro atoms. The van der Waals surface area contributed by atoms with Crippen molar-refractivity contribution in [3.05, 3.63) is 44.5 Å². The number of phenolic OH excluding ortho intramolecular Hbond substituents is 1. The number of anilines is 1. The molecule has 1 rings (SSSR count). The highest BCUT2D eigenvalue weighted by atomic mass is 16.8. The van der Waals surface area contributed by atoms with Crippen molar-refractivity contribution in [3.63, 3.8) is 0 Å². The van der Waals surface area contributed by atoms with Crippen LogP contribution in [0.3, 0.4) is 0 Å². The number of nitrogens with zero attached hydrogens (tertiary/aromatic N) is 3. The first-order valence-corrected chi connectivity index (χ1v) is 3.40. The number of hydrogen-bond donors (Lipinski definition) is 1. The molecule has 0 amide bonds. The van der Waals surface area contributed by atoms with Crippen molar-refractivity contribution in [3.8, 4) is 5.75 Å². The van der Waals surface area contributed by atoms with E-state index in [0.717, 1.165) is 12.1 Å². The van der Waals surface area contributed by atoms with Crippen LogP contribution in [0.2, 0.25) is 0 Å². The van der Waals surface area contributed by atoms with Gasteiger partial charge in [0, 0.05) is 0 Å². The van der Waals surface area contributed by atoms with Gasteiger partial charge < -0.3 is 5.11 Å². The lowest BCUT2D eigenvalue weighted by molar-refractivity contribution is -0.712. The molecule has 0 fully saturated rings. The zero-order valence-corrected chi connectivity index (χ0v) is 6.73. The van der Waals surface area contributed by atoms with Crippen LogP contribution in [0, 0.1) is 20.2 Å². The standard InChI is InChI=1S/C6H5N3O5/c10-6-4-2-1-3-5(6)7(8(11)12)9(13)14/h1-4,10H. The summed E-state index contributed by atoms with van der Waals surface area (Å²) < 4.78 is 0. The van der Waals surface area contributed by atoms with Crippen molar-refractivity contribution in [1.29, 1.82) is 0 Å². The minimum atomic E-state index is -1.23. The van der Waals surface area contributed by atoms with Crippen LogP contribution in [0.4, 0.5) is 5.69 Å². The Kier molecular flexibility index (Phi) is 2.47. The molecule has 0 bridgehead atoms. The van der Waals surface area contributed by atoms with E-state index in [9.17, 15) is 20.2 Å². The monoisotopic (exact) mass is 199 g/mol. The van der Waals surface area contributed by atoms with Crippen molar-refractivity contribution in [2.45, 2.75) is 0 Å². The quantitative estimate of drug-likeness (QED) is 0.563. The SMILES string of the molecule is O=[N+]([O-])N(c1ccccc1O)[N+](=O)[O-]. The second-order valence-corrected chi connectivity index (χ2v) is 2.25. The number of benzene rings is 1. The second kappa shape index (κ2) is 3.56. The molecule has 14 heavy (non-hydrogen) atoms. The Hall–Kier alpha value is -2.38. The Labute approximate surface area is 77.2 Å². The number of para-hydroxylation sites is 2. The fourth-order valence-electron chi connectivity index (χ4n) is 0.869. The number of rotatable bonds is 3. The van der Waals surface area contributed by atoms with E-state index in [-0.39, 0.29) is 5.12 Å². The maximum atomic E-state index is 10.3. The summed E-state index contributed by atoms with van der Waals surface area (Å²) in [6, 6.07) is 4.93. The minimum Gasteiger partial charge on any atom is -0.505 e. The van der Waals surface area contributed by atoms with Crippen LogP contribution in [-0.4, -0.2) is 15.2 Å². The molecule has 0 atom stereocenters. The van der Waals surface area contributed by atoms with Gasteiger partial charge in [-0.2, -0.15) is 0 Å². The lowest BCUT2D eigenvalue weighted by Crippen LogP contribution is -2.35. The molecular weight excluding hydrogens is 194 g/mol. The van der Waals surface area contributed by atoms with Gasteiger partial charge in [0.25, 0.3) is 0 Å². The molecule has 1 aromatic carbocycles. The van der Waals surface area contributed by atoms with E-state index in [1.807, 2.05) is 0 Å². The molecule has 0 aliphatic heterocycles. The van der Waals surface area contributed by atoms with Gasteiger partial charge in [0.1, 0.15) is 0 Å². The molecule has 0 aliphatic carbocycles. The molecule has 74 valence electrons. The van der Waals surface area contributed by atoms with Crippen LogP contribution < -0.4 is 5.12 Å². The van der Waals surface area contributed by atoms with Gasteiger partial charge in [-0.25, -0.2) is 20.2 Å². The van der Waals surface area contributed by atoms with Crippen LogP contribution in [0.25, 0.3) is 0 Å². The maximum absolute atomic E-state index is 10.3. The largest absolute Gasteiger partial charge is 0.505 e. The third-order valence-electron chi connectivity index (χ3n) is 1.41. The Bertz CT molecular complexity index is 365. The normalized spacial score (nSPS) is 9.43. The summed E-state index contributed by atoms with van der Waals surface area (Å²) in [7, 11) is 0. The molecule has 0 unspecified atom stereocenters. The first-order valence-electron chi connectivity index (χ1n) is 3.40. The average Bonchev–Trinajstić information content (AvgIpc) is 2.07. The number of aromatic hydroxyl groups is 1. The van der Waals surface area contributed by atoms with Gasteiger partial charge in [-0.15, -0.1) is 0 Å². The van der Waals surface area contributed by atoms with E-state index in [4.69, 9.17) is 5.11 Å². The zero-order valence-electron chi connectivity index (χ0n) is 6.73. The molecule has 0 aromatic heterocycles. The van der Waals surface area contributed by atoms with Gasteiger partial charge in [0.2, 0.25) is 20.9 Å². The molecule has 0 saturated carbocycles. The lowest BCUT2D eigenvalue weighted by Gasteiger charge is -2.04. The molecule has 0 aliphatic rings. The van der Waals surface area contributed by atoms with Gasteiger partial charge in [-0.3, -0.25) is 0 Å². The highest BCUT2D eigenvalue weighted by Gasteiger charge is 2.32. The molecule has 0 heterocycles. The summed E-state index contributed by atoms with van der Waals surface area (Å²) in [5.74, 6) is -0.527. The van der Waals surface area contributed by atoms with Crippen LogP contribution in [-0.2, 0) is 0 Å². The second-order valence-electron chi connectivity index (χ2n) is 2.25. The lowest BCUT2D eigenvalue weighted by atomic mass is 10.3. The maximum Gasteiger partial charge on any atom is 0.228 e. The van der Waals surface area contributed by atoms with Gasteiger partial charge in [0.15, 0.2) is 5.75 Å². The number of hydrogen-bond acceptors (Lipinski definition) is 5. The Morgan fingerprint density at radius 1 is 1.14 bits per heavy atom. The fourth-order valence-corrected chi connectivity index (χ4v) is 0.869. The smallest absolute Gasteiger partial charge is 0.228 e. The van der Waals surface area contributed by atoms with E-state index in [1.54, 1.807) is 0 Å². The molecule has 8 heteroatoms. The van der Waals surface area contributed by atoms with Gasteiger partial charge >= 0.3 is 0 Å². The molecule has 1 N–H and O–H groups in total. The Morgan fingerprint density at radius 3 is 2.07 bits per heavy atom.